The topological polar surface area (TPSA) is 44.8 Å². The molecule has 1 aromatic rings. The molecule has 1 aliphatic heterocycles. The molecule has 0 saturated carbocycles. The standard InChI is InChI=1S/C14H18O4/c1-16-14(15)13-5-3-2-4-12(13)10-18-9-11-6-7-17-8-11/h2-5,11H,6-10H2,1H3. The van der Waals surface area contributed by atoms with Crippen LogP contribution in [0.2, 0.25) is 0 Å². The van der Waals surface area contributed by atoms with Crippen molar-refractivity contribution in [3.63, 3.8) is 0 Å². The molecule has 98 valence electrons. The number of ether oxygens (including phenoxy) is 3. The minimum Gasteiger partial charge on any atom is -0.465 e. The fraction of sp³-hybridized carbons (Fsp3) is 0.500. The first kappa shape index (κ1) is 13.1. The molecule has 0 amide bonds. The maximum atomic E-state index is 11.6. The Morgan fingerprint density at radius 3 is 3.00 bits per heavy atom. The van der Waals surface area contributed by atoms with Crippen molar-refractivity contribution in [2.45, 2.75) is 13.0 Å². The molecule has 4 heteroatoms. The van der Waals surface area contributed by atoms with Crippen molar-refractivity contribution in [2.75, 3.05) is 26.9 Å². The molecular weight excluding hydrogens is 232 g/mol. The summed E-state index contributed by atoms with van der Waals surface area (Å²) in [5.41, 5.74) is 1.44. The minimum absolute atomic E-state index is 0.321. The average Bonchev–Trinajstić information content (AvgIpc) is 2.92. The van der Waals surface area contributed by atoms with Gasteiger partial charge < -0.3 is 14.2 Å². The van der Waals surface area contributed by atoms with Crippen LogP contribution in [0.25, 0.3) is 0 Å². The van der Waals surface area contributed by atoms with Gasteiger partial charge in [0, 0.05) is 12.5 Å². The number of carbonyl (C=O) groups is 1. The third-order valence-corrected chi connectivity index (χ3v) is 3.06. The van der Waals surface area contributed by atoms with Crippen LogP contribution in [0.15, 0.2) is 24.3 Å². The second kappa shape index (κ2) is 6.52. The van der Waals surface area contributed by atoms with E-state index in [0.717, 1.165) is 25.2 Å². The smallest absolute Gasteiger partial charge is 0.338 e. The Hall–Kier alpha value is -1.39. The van der Waals surface area contributed by atoms with E-state index in [9.17, 15) is 4.79 Å². The van der Waals surface area contributed by atoms with E-state index >= 15 is 0 Å². The summed E-state index contributed by atoms with van der Waals surface area (Å²) in [4.78, 5) is 11.6. The molecule has 18 heavy (non-hydrogen) atoms. The number of methoxy groups -OCH3 is 1. The van der Waals surface area contributed by atoms with Gasteiger partial charge in [-0.25, -0.2) is 4.79 Å². The Labute approximate surface area is 107 Å². The van der Waals surface area contributed by atoms with Crippen molar-refractivity contribution in [3.8, 4) is 0 Å². The number of carbonyl (C=O) groups excluding carboxylic acids is 1. The summed E-state index contributed by atoms with van der Waals surface area (Å²) in [6, 6.07) is 7.35. The van der Waals surface area contributed by atoms with E-state index in [1.807, 2.05) is 18.2 Å². The molecule has 0 aliphatic carbocycles. The van der Waals surface area contributed by atoms with Gasteiger partial charge in [-0.1, -0.05) is 18.2 Å². The van der Waals surface area contributed by atoms with Crippen LogP contribution in [-0.4, -0.2) is 32.9 Å². The molecule has 1 heterocycles. The van der Waals surface area contributed by atoms with Gasteiger partial charge in [0.15, 0.2) is 0 Å². The number of hydrogen-bond donors (Lipinski definition) is 0. The first-order valence-electron chi connectivity index (χ1n) is 6.13. The maximum Gasteiger partial charge on any atom is 0.338 e. The Balaban J connectivity index is 1.89. The Morgan fingerprint density at radius 1 is 1.44 bits per heavy atom. The lowest BCUT2D eigenvalue weighted by molar-refractivity contribution is 0.0581. The van der Waals surface area contributed by atoms with Gasteiger partial charge in [-0.3, -0.25) is 0 Å². The highest BCUT2D eigenvalue weighted by atomic mass is 16.5. The van der Waals surface area contributed by atoms with Crippen molar-refractivity contribution in [1.82, 2.24) is 0 Å². The first-order chi connectivity index (χ1) is 8.81. The Morgan fingerprint density at radius 2 is 2.28 bits per heavy atom. The van der Waals surface area contributed by atoms with Gasteiger partial charge in [-0.2, -0.15) is 0 Å². The molecule has 0 N–H and O–H groups in total. The Bertz CT molecular complexity index is 397. The van der Waals surface area contributed by atoms with Gasteiger partial charge in [0.2, 0.25) is 0 Å². The van der Waals surface area contributed by atoms with Crippen molar-refractivity contribution in [1.29, 1.82) is 0 Å². The summed E-state index contributed by atoms with van der Waals surface area (Å²) in [7, 11) is 1.38. The predicted molar refractivity (Wildman–Crippen MR) is 66.4 cm³/mol. The first-order valence-corrected chi connectivity index (χ1v) is 6.13. The summed E-state index contributed by atoms with van der Waals surface area (Å²) < 4.78 is 15.7. The zero-order chi connectivity index (χ0) is 12.8. The monoisotopic (exact) mass is 250 g/mol. The second-order valence-corrected chi connectivity index (χ2v) is 4.39. The largest absolute Gasteiger partial charge is 0.465 e. The summed E-state index contributed by atoms with van der Waals surface area (Å²) in [6.45, 7) is 2.71. The lowest BCUT2D eigenvalue weighted by Crippen LogP contribution is -2.11. The van der Waals surface area contributed by atoms with Crippen LogP contribution in [0.1, 0.15) is 22.3 Å². The number of rotatable bonds is 5. The molecule has 1 aromatic carbocycles. The molecular formula is C14H18O4. The summed E-state index contributed by atoms with van der Waals surface area (Å²) >= 11 is 0. The zero-order valence-corrected chi connectivity index (χ0v) is 10.6. The van der Waals surface area contributed by atoms with Crippen molar-refractivity contribution < 1.29 is 19.0 Å². The van der Waals surface area contributed by atoms with Gasteiger partial charge >= 0.3 is 5.97 Å². The summed E-state index contributed by atoms with van der Waals surface area (Å²) in [6.07, 6.45) is 1.05. The highest BCUT2D eigenvalue weighted by Crippen LogP contribution is 2.15. The third kappa shape index (κ3) is 3.31. The fourth-order valence-corrected chi connectivity index (χ4v) is 2.01. The van der Waals surface area contributed by atoms with Gasteiger partial charge in [0.25, 0.3) is 0 Å². The van der Waals surface area contributed by atoms with Crippen molar-refractivity contribution >= 4 is 5.97 Å². The predicted octanol–water partition coefficient (Wildman–Crippen LogP) is 2.03. The molecule has 0 radical (unpaired) electrons. The quantitative estimate of drug-likeness (QED) is 0.750. The molecule has 1 atom stereocenters. The van der Waals surface area contributed by atoms with Gasteiger partial charge in [-0.05, 0) is 18.1 Å². The van der Waals surface area contributed by atoms with E-state index in [1.54, 1.807) is 6.07 Å². The van der Waals surface area contributed by atoms with Crippen LogP contribution >= 0.6 is 0 Å². The number of hydrogen-bond acceptors (Lipinski definition) is 4. The molecule has 4 nitrogen and oxygen atoms in total. The lowest BCUT2D eigenvalue weighted by atomic mass is 10.1. The van der Waals surface area contributed by atoms with Crippen molar-refractivity contribution in [2.24, 2.45) is 5.92 Å². The SMILES string of the molecule is COC(=O)c1ccccc1COCC1CCOC1. The van der Waals surface area contributed by atoms with E-state index in [-0.39, 0.29) is 5.97 Å². The highest BCUT2D eigenvalue weighted by molar-refractivity contribution is 5.90. The minimum atomic E-state index is -0.321. The second-order valence-electron chi connectivity index (χ2n) is 4.39. The lowest BCUT2D eigenvalue weighted by Gasteiger charge is -2.11. The molecule has 1 unspecified atom stereocenters. The third-order valence-electron chi connectivity index (χ3n) is 3.06. The van der Waals surface area contributed by atoms with E-state index in [4.69, 9.17) is 14.2 Å². The molecule has 1 fully saturated rings. The average molecular weight is 250 g/mol. The van der Waals surface area contributed by atoms with Crippen LogP contribution in [0.4, 0.5) is 0 Å². The van der Waals surface area contributed by atoms with Crippen LogP contribution < -0.4 is 0 Å². The number of benzene rings is 1. The molecule has 1 saturated heterocycles. The molecule has 0 spiro atoms. The van der Waals surface area contributed by atoms with Crippen molar-refractivity contribution in [3.05, 3.63) is 35.4 Å². The zero-order valence-electron chi connectivity index (χ0n) is 10.6. The van der Waals surface area contributed by atoms with Crippen LogP contribution in [0.3, 0.4) is 0 Å². The van der Waals surface area contributed by atoms with Crippen LogP contribution in [0, 0.1) is 5.92 Å². The van der Waals surface area contributed by atoms with Gasteiger partial charge in [0.05, 0.1) is 32.5 Å². The van der Waals surface area contributed by atoms with Gasteiger partial charge in [0.1, 0.15) is 0 Å². The normalized spacial score (nSPS) is 18.8. The fourth-order valence-electron chi connectivity index (χ4n) is 2.01. The highest BCUT2D eigenvalue weighted by Gasteiger charge is 2.16. The van der Waals surface area contributed by atoms with E-state index < -0.39 is 0 Å². The van der Waals surface area contributed by atoms with Gasteiger partial charge in [-0.15, -0.1) is 0 Å². The Kier molecular flexibility index (Phi) is 4.73. The van der Waals surface area contributed by atoms with Crippen LogP contribution in [-0.2, 0) is 20.8 Å². The molecule has 0 aromatic heterocycles. The van der Waals surface area contributed by atoms with E-state index in [1.165, 1.54) is 7.11 Å². The summed E-state index contributed by atoms with van der Waals surface area (Å²) in [5, 5.41) is 0. The van der Waals surface area contributed by atoms with E-state index in [2.05, 4.69) is 0 Å². The molecule has 0 bridgehead atoms. The summed E-state index contributed by atoms with van der Waals surface area (Å²) in [5.74, 6) is 0.161. The molecule has 1 aliphatic rings. The molecule has 2 rings (SSSR count). The number of esters is 1. The van der Waals surface area contributed by atoms with E-state index in [0.29, 0.717) is 24.7 Å². The maximum absolute atomic E-state index is 11.6. The van der Waals surface area contributed by atoms with Crippen LogP contribution in [0.5, 0.6) is 0 Å².